The molecule has 186 valence electrons. The molecule has 1 fully saturated rings. The Kier molecular flexibility index (Phi) is 11.0. The van der Waals surface area contributed by atoms with Gasteiger partial charge in [-0.1, -0.05) is 34.8 Å². The summed E-state index contributed by atoms with van der Waals surface area (Å²) >= 11 is 16.7. The Bertz CT molecular complexity index is 775. The third kappa shape index (κ3) is 11.2. The SMILES string of the molecule is C#CCC(NC(=O)OC(C)(C)C)C(=O)NC(C)C(=O)N1CCCC(C(=O)OCC(Cl)(Cl)Cl)N1. The molecule has 0 aliphatic carbocycles. The van der Waals surface area contributed by atoms with Crippen LogP contribution in [0.2, 0.25) is 0 Å². The fourth-order valence-corrected chi connectivity index (χ4v) is 2.92. The van der Waals surface area contributed by atoms with Crippen LogP contribution in [-0.2, 0) is 23.9 Å². The molecule has 0 radical (unpaired) electrons. The number of hydrazine groups is 1. The van der Waals surface area contributed by atoms with Crippen LogP contribution in [0.15, 0.2) is 0 Å². The largest absolute Gasteiger partial charge is 0.460 e. The minimum atomic E-state index is -1.75. The highest BCUT2D eigenvalue weighted by Gasteiger charge is 2.34. The Labute approximate surface area is 208 Å². The first-order chi connectivity index (χ1) is 15.1. The molecule has 3 unspecified atom stereocenters. The van der Waals surface area contributed by atoms with Crippen LogP contribution in [0.25, 0.3) is 0 Å². The number of amides is 3. The number of ether oxygens (including phenoxy) is 2. The van der Waals surface area contributed by atoms with Gasteiger partial charge < -0.3 is 20.1 Å². The molecule has 1 heterocycles. The summed E-state index contributed by atoms with van der Waals surface area (Å²) in [6.07, 6.45) is 5.29. The molecule has 0 saturated carbocycles. The van der Waals surface area contributed by atoms with Gasteiger partial charge in [-0.15, -0.1) is 12.3 Å². The predicted octanol–water partition coefficient (Wildman–Crippen LogP) is 1.82. The summed E-state index contributed by atoms with van der Waals surface area (Å²) in [7, 11) is 0. The Morgan fingerprint density at radius 2 is 1.85 bits per heavy atom. The summed E-state index contributed by atoms with van der Waals surface area (Å²) in [5.41, 5.74) is 2.00. The number of halogens is 3. The third-order valence-electron chi connectivity index (χ3n) is 4.17. The molecule has 13 heteroatoms. The second-order valence-electron chi connectivity index (χ2n) is 8.37. The first-order valence-electron chi connectivity index (χ1n) is 10.2. The normalized spacial score (nSPS) is 18.4. The van der Waals surface area contributed by atoms with E-state index >= 15 is 0 Å². The van der Waals surface area contributed by atoms with Crippen molar-refractivity contribution in [2.45, 2.75) is 74.5 Å². The molecule has 0 aromatic rings. The fourth-order valence-electron chi connectivity index (χ4n) is 2.76. The highest BCUT2D eigenvalue weighted by molar-refractivity contribution is 6.67. The van der Waals surface area contributed by atoms with Crippen molar-refractivity contribution in [1.82, 2.24) is 21.1 Å². The van der Waals surface area contributed by atoms with Crippen molar-refractivity contribution in [3.8, 4) is 12.3 Å². The van der Waals surface area contributed by atoms with E-state index in [-0.39, 0.29) is 6.42 Å². The van der Waals surface area contributed by atoms with E-state index in [1.165, 1.54) is 11.9 Å². The molecular formula is C20H29Cl3N4O6. The van der Waals surface area contributed by atoms with Crippen molar-refractivity contribution >= 4 is 58.7 Å². The van der Waals surface area contributed by atoms with Gasteiger partial charge in [-0.2, -0.15) is 0 Å². The minimum Gasteiger partial charge on any atom is -0.460 e. The molecule has 1 aliphatic heterocycles. The second kappa shape index (κ2) is 12.5. The van der Waals surface area contributed by atoms with Crippen molar-refractivity contribution in [1.29, 1.82) is 0 Å². The van der Waals surface area contributed by atoms with E-state index in [0.29, 0.717) is 19.4 Å². The molecule has 3 amide bonds. The summed E-state index contributed by atoms with van der Waals surface area (Å²) in [5.74, 6) is 0.472. The predicted molar refractivity (Wildman–Crippen MR) is 123 cm³/mol. The fraction of sp³-hybridized carbons (Fsp3) is 0.700. The molecule has 10 nitrogen and oxygen atoms in total. The van der Waals surface area contributed by atoms with Crippen LogP contribution in [0.5, 0.6) is 0 Å². The maximum Gasteiger partial charge on any atom is 0.408 e. The van der Waals surface area contributed by atoms with Gasteiger partial charge in [-0.05, 0) is 40.5 Å². The first-order valence-corrected chi connectivity index (χ1v) is 11.3. The van der Waals surface area contributed by atoms with Crippen LogP contribution < -0.4 is 16.1 Å². The molecular weight excluding hydrogens is 499 g/mol. The number of nitrogens with zero attached hydrogens (tertiary/aromatic N) is 1. The van der Waals surface area contributed by atoms with Crippen LogP contribution in [0.3, 0.4) is 0 Å². The van der Waals surface area contributed by atoms with E-state index < -0.39 is 58.0 Å². The number of carbonyl (C=O) groups excluding carboxylic acids is 4. The van der Waals surface area contributed by atoms with Crippen LogP contribution >= 0.6 is 34.8 Å². The van der Waals surface area contributed by atoms with Crippen LogP contribution in [-0.4, -0.2) is 69.6 Å². The van der Waals surface area contributed by atoms with Gasteiger partial charge in [-0.3, -0.25) is 19.4 Å². The Morgan fingerprint density at radius 1 is 1.21 bits per heavy atom. The lowest BCUT2D eigenvalue weighted by Gasteiger charge is -2.34. The van der Waals surface area contributed by atoms with E-state index in [1.807, 2.05) is 0 Å². The van der Waals surface area contributed by atoms with Gasteiger partial charge in [-0.25, -0.2) is 10.2 Å². The molecule has 0 aromatic heterocycles. The second-order valence-corrected chi connectivity index (χ2v) is 10.9. The maximum absolute atomic E-state index is 12.8. The van der Waals surface area contributed by atoms with Gasteiger partial charge >= 0.3 is 12.1 Å². The summed E-state index contributed by atoms with van der Waals surface area (Å²) in [6.45, 7) is 6.36. The molecule has 3 N–H and O–H groups in total. The maximum atomic E-state index is 12.8. The zero-order valence-electron chi connectivity index (χ0n) is 18.9. The molecule has 0 aromatic carbocycles. The van der Waals surface area contributed by atoms with E-state index in [9.17, 15) is 19.2 Å². The van der Waals surface area contributed by atoms with Crippen molar-refractivity contribution in [3.05, 3.63) is 0 Å². The Morgan fingerprint density at radius 3 is 2.39 bits per heavy atom. The lowest BCUT2D eigenvalue weighted by Crippen LogP contribution is -2.60. The quantitative estimate of drug-likeness (QED) is 0.262. The van der Waals surface area contributed by atoms with Crippen LogP contribution in [0, 0.1) is 12.3 Å². The molecule has 1 saturated heterocycles. The first kappa shape index (κ1) is 29.1. The van der Waals surface area contributed by atoms with Crippen LogP contribution in [0.4, 0.5) is 4.79 Å². The zero-order chi connectivity index (χ0) is 25.4. The number of alkyl halides is 3. The lowest BCUT2D eigenvalue weighted by atomic mass is 10.1. The topological polar surface area (TPSA) is 126 Å². The number of hydrogen-bond donors (Lipinski definition) is 3. The monoisotopic (exact) mass is 526 g/mol. The van der Waals surface area contributed by atoms with Gasteiger partial charge in [0.15, 0.2) is 0 Å². The highest BCUT2D eigenvalue weighted by Crippen LogP contribution is 2.26. The van der Waals surface area contributed by atoms with E-state index in [0.717, 1.165) is 0 Å². The molecule has 1 aliphatic rings. The highest BCUT2D eigenvalue weighted by atomic mass is 35.6. The minimum absolute atomic E-state index is 0.106. The number of carbonyl (C=O) groups is 4. The van der Waals surface area contributed by atoms with Gasteiger partial charge in [0, 0.05) is 13.0 Å². The number of alkyl carbamates (subject to hydrolysis) is 1. The Hall–Kier alpha value is -1.93. The van der Waals surface area contributed by atoms with Crippen molar-refractivity contribution in [3.63, 3.8) is 0 Å². The summed E-state index contributed by atoms with van der Waals surface area (Å²) in [6, 6.07) is -2.90. The average Bonchev–Trinajstić information content (AvgIpc) is 2.69. The standard InChI is InChI=1S/C20H29Cl3N4O6/c1-6-8-13(25-18(31)33-19(3,4)5)15(28)24-12(2)16(29)27-10-7-9-14(26-27)17(30)32-11-20(21,22)23/h1,12-14,26H,7-11H2,2-5H3,(H,24,28)(H,25,31). The zero-order valence-corrected chi connectivity index (χ0v) is 21.1. The lowest BCUT2D eigenvalue weighted by molar-refractivity contribution is -0.152. The molecule has 0 bridgehead atoms. The average molecular weight is 528 g/mol. The van der Waals surface area contributed by atoms with Gasteiger partial charge in [0.2, 0.25) is 9.70 Å². The number of nitrogens with one attached hydrogen (secondary N) is 3. The van der Waals surface area contributed by atoms with Crippen molar-refractivity contribution in [2.24, 2.45) is 0 Å². The van der Waals surface area contributed by atoms with Crippen molar-refractivity contribution < 1.29 is 28.7 Å². The van der Waals surface area contributed by atoms with Crippen LogP contribution in [0.1, 0.15) is 47.0 Å². The summed E-state index contributed by atoms with van der Waals surface area (Å²) in [5, 5.41) is 6.13. The molecule has 1 rings (SSSR count). The third-order valence-corrected chi connectivity index (χ3v) is 4.50. The number of esters is 1. The molecule has 0 spiro atoms. The van der Waals surface area contributed by atoms with E-state index in [4.69, 9.17) is 50.7 Å². The van der Waals surface area contributed by atoms with Crippen molar-refractivity contribution in [2.75, 3.05) is 13.2 Å². The summed E-state index contributed by atoms with van der Waals surface area (Å²) < 4.78 is 8.34. The van der Waals surface area contributed by atoms with E-state index in [2.05, 4.69) is 22.0 Å². The smallest absolute Gasteiger partial charge is 0.408 e. The number of hydrogen-bond acceptors (Lipinski definition) is 7. The number of rotatable bonds is 7. The molecule has 33 heavy (non-hydrogen) atoms. The van der Waals surface area contributed by atoms with E-state index in [1.54, 1.807) is 20.8 Å². The van der Waals surface area contributed by atoms with Gasteiger partial charge in [0.1, 0.15) is 30.3 Å². The number of terminal acetylenes is 1. The summed E-state index contributed by atoms with van der Waals surface area (Å²) in [4.78, 5) is 49.6. The van der Waals surface area contributed by atoms with Gasteiger partial charge in [0.25, 0.3) is 5.91 Å². The Balaban J connectivity index is 2.68. The van der Waals surface area contributed by atoms with Gasteiger partial charge in [0.05, 0.1) is 0 Å². The molecule has 3 atom stereocenters.